The molecule has 0 bridgehead atoms. The Kier molecular flexibility index (Phi) is 4.13. The maximum atomic E-state index is 10.3. The molecular weight excluding hydrogens is 178 g/mol. The second-order valence-corrected chi connectivity index (χ2v) is 3.21. The molecule has 0 aliphatic rings. The number of aldehydes is 1. The normalized spacial score (nSPS) is 10.2. The minimum absolute atomic E-state index is 0.456. The number of ether oxygens (including phenoxy) is 1. The Morgan fingerprint density at radius 1 is 1.50 bits per heavy atom. The zero-order valence-corrected chi connectivity index (χ0v) is 8.56. The van der Waals surface area contributed by atoms with E-state index in [1.165, 1.54) is 0 Å². The molecule has 0 saturated carbocycles. The summed E-state index contributed by atoms with van der Waals surface area (Å²) in [6.45, 7) is 1.22. The van der Waals surface area contributed by atoms with Crippen molar-refractivity contribution in [2.75, 3.05) is 20.7 Å². The number of hydrogen-bond acceptors (Lipinski definition) is 3. The Balaban J connectivity index is 2.61. The maximum absolute atomic E-state index is 10.3. The number of carbonyl (C=O) groups excluding carboxylic acids is 1. The van der Waals surface area contributed by atoms with Gasteiger partial charge in [-0.3, -0.25) is 4.90 Å². The van der Waals surface area contributed by atoms with E-state index >= 15 is 0 Å². The van der Waals surface area contributed by atoms with E-state index in [1.807, 2.05) is 36.2 Å². The van der Waals surface area contributed by atoms with E-state index in [1.54, 1.807) is 7.11 Å². The van der Waals surface area contributed by atoms with Gasteiger partial charge in [-0.25, -0.2) is 0 Å². The first-order chi connectivity index (χ1) is 6.76. The highest BCUT2D eigenvalue weighted by Gasteiger charge is 2.00. The van der Waals surface area contributed by atoms with Gasteiger partial charge in [-0.2, -0.15) is 0 Å². The van der Waals surface area contributed by atoms with Crippen molar-refractivity contribution in [1.29, 1.82) is 0 Å². The van der Waals surface area contributed by atoms with E-state index in [4.69, 9.17) is 4.74 Å². The van der Waals surface area contributed by atoms with Gasteiger partial charge in [0, 0.05) is 6.54 Å². The van der Waals surface area contributed by atoms with Crippen LogP contribution >= 0.6 is 0 Å². The molecule has 0 aliphatic carbocycles. The molecule has 3 nitrogen and oxygen atoms in total. The highest BCUT2D eigenvalue weighted by atomic mass is 16.5. The zero-order valence-electron chi connectivity index (χ0n) is 8.56. The van der Waals surface area contributed by atoms with Crippen molar-refractivity contribution in [1.82, 2.24) is 4.90 Å². The summed E-state index contributed by atoms with van der Waals surface area (Å²) in [5, 5.41) is 0. The van der Waals surface area contributed by atoms with Crippen LogP contribution in [-0.2, 0) is 11.3 Å². The molecule has 0 fully saturated rings. The van der Waals surface area contributed by atoms with Crippen molar-refractivity contribution in [2.24, 2.45) is 0 Å². The summed E-state index contributed by atoms with van der Waals surface area (Å²) in [5.41, 5.74) is 1.15. The van der Waals surface area contributed by atoms with Crippen molar-refractivity contribution < 1.29 is 9.53 Å². The first-order valence-corrected chi connectivity index (χ1v) is 4.51. The molecule has 1 aromatic carbocycles. The molecule has 0 heterocycles. The monoisotopic (exact) mass is 193 g/mol. The molecular formula is C11H15NO2. The molecule has 14 heavy (non-hydrogen) atoms. The van der Waals surface area contributed by atoms with E-state index in [2.05, 4.69) is 0 Å². The van der Waals surface area contributed by atoms with Gasteiger partial charge in [0.05, 0.1) is 13.7 Å². The van der Waals surface area contributed by atoms with Gasteiger partial charge < -0.3 is 9.53 Å². The van der Waals surface area contributed by atoms with E-state index in [9.17, 15) is 4.79 Å². The van der Waals surface area contributed by atoms with Crippen molar-refractivity contribution in [3.63, 3.8) is 0 Å². The van der Waals surface area contributed by atoms with Gasteiger partial charge in [0.25, 0.3) is 0 Å². The van der Waals surface area contributed by atoms with Crippen molar-refractivity contribution >= 4 is 6.29 Å². The average Bonchev–Trinajstić information content (AvgIpc) is 2.18. The first kappa shape index (κ1) is 10.7. The predicted octanol–water partition coefficient (Wildman–Crippen LogP) is 1.33. The highest BCUT2D eigenvalue weighted by molar-refractivity contribution is 5.51. The Bertz CT molecular complexity index is 299. The number of hydrogen-bond donors (Lipinski definition) is 0. The SMILES string of the molecule is COc1cccc(CN(C)CC=O)c1. The fourth-order valence-corrected chi connectivity index (χ4v) is 1.27. The number of rotatable bonds is 5. The quantitative estimate of drug-likeness (QED) is 0.661. The van der Waals surface area contributed by atoms with Gasteiger partial charge >= 0.3 is 0 Å². The molecule has 0 radical (unpaired) electrons. The number of carbonyl (C=O) groups is 1. The molecule has 0 aliphatic heterocycles. The lowest BCUT2D eigenvalue weighted by atomic mass is 10.2. The van der Waals surface area contributed by atoms with Crippen LogP contribution in [-0.4, -0.2) is 31.9 Å². The van der Waals surface area contributed by atoms with Crippen LogP contribution in [0.3, 0.4) is 0 Å². The third-order valence-corrected chi connectivity index (χ3v) is 1.97. The Morgan fingerprint density at radius 3 is 2.93 bits per heavy atom. The number of benzene rings is 1. The Labute approximate surface area is 84.3 Å². The van der Waals surface area contributed by atoms with Gasteiger partial charge in [-0.05, 0) is 24.7 Å². The van der Waals surface area contributed by atoms with Gasteiger partial charge in [0.2, 0.25) is 0 Å². The lowest BCUT2D eigenvalue weighted by molar-refractivity contribution is -0.108. The Morgan fingerprint density at radius 2 is 2.29 bits per heavy atom. The Hall–Kier alpha value is -1.35. The molecule has 1 aromatic rings. The van der Waals surface area contributed by atoms with Crippen LogP contribution in [0.25, 0.3) is 0 Å². The number of likely N-dealkylation sites (N-methyl/N-ethyl adjacent to an activating group) is 1. The summed E-state index contributed by atoms with van der Waals surface area (Å²) >= 11 is 0. The minimum Gasteiger partial charge on any atom is -0.497 e. The van der Waals surface area contributed by atoms with Gasteiger partial charge in [-0.15, -0.1) is 0 Å². The third kappa shape index (κ3) is 3.18. The average molecular weight is 193 g/mol. The van der Waals surface area contributed by atoms with Gasteiger partial charge in [0.15, 0.2) is 0 Å². The van der Waals surface area contributed by atoms with Crippen LogP contribution in [0.4, 0.5) is 0 Å². The lowest BCUT2D eigenvalue weighted by Gasteiger charge is -2.13. The highest BCUT2D eigenvalue weighted by Crippen LogP contribution is 2.13. The summed E-state index contributed by atoms with van der Waals surface area (Å²) in [6, 6.07) is 7.84. The molecule has 0 saturated heterocycles. The summed E-state index contributed by atoms with van der Waals surface area (Å²) in [5.74, 6) is 0.849. The summed E-state index contributed by atoms with van der Waals surface area (Å²) < 4.78 is 5.11. The molecule has 0 aromatic heterocycles. The molecule has 0 N–H and O–H groups in total. The second kappa shape index (κ2) is 5.40. The lowest BCUT2D eigenvalue weighted by Crippen LogP contribution is -2.19. The smallest absolute Gasteiger partial charge is 0.133 e. The van der Waals surface area contributed by atoms with E-state index in [0.717, 1.165) is 24.1 Å². The van der Waals surface area contributed by atoms with E-state index in [-0.39, 0.29) is 0 Å². The first-order valence-electron chi connectivity index (χ1n) is 4.51. The second-order valence-electron chi connectivity index (χ2n) is 3.21. The van der Waals surface area contributed by atoms with Crippen LogP contribution in [0.5, 0.6) is 5.75 Å². The molecule has 0 amide bonds. The fraction of sp³-hybridized carbons (Fsp3) is 0.364. The largest absolute Gasteiger partial charge is 0.497 e. The molecule has 1 rings (SSSR count). The van der Waals surface area contributed by atoms with Crippen molar-refractivity contribution in [3.05, 3.63) is 29.8 Å². The summed E-state index contributed by atoms with van der Waals surface area (Å²) in [6.07, 6.45) is 0.903. The topological polar surface area (TPSA) is 29.5 Å². The maximum Gasteiger partial charge on any atom is 0.133 e. The van der Waals surface area contributed by atoms with E-state index < -0.39 is 0 Å². The molecule has 0 unspecified atom stereocenters. The third-order valence-electron chi connectivity index (χ3n) is 1.97. The fourth-order valence-electron chi connectivity index (χ4n) is 1.27. The zero-order chi connectivity index (χ0) is 10.4. The summed E-state index contributed by atoms with van der Waals surface area (Å²) in [7, 11) is 3.56. The molecule has 0 atom stereocenters. The number of methoxy groups -OCH3 is 1. The van der Waals surface area contributed by atoms with Gasteiger partial charge in [0.1, 0.15) is 12.0 Å². The van der Waals surface area contributed by atoms with Crippen molar-refractivity contribution in [2.45, 2.75) is 6.54 Å². The standard InChI is InChI=1S/C11H15NO2/c1-12(6-7-13)9-10-4-3-5-11(8-10)14-2/h3-5,7-8H,6,9H2,1-2H3. The molecule has 3 heteroatoms. The van der Waals surface area contributed by atoms with Crippen LogP contribution in [0.15, 0.2) is 24.3 Å². The number of nitrogens with zero attached hydrogens (tertiary/aromatic N) is 1. The van der Waals surface area contributed by atoms with Crippen LogP contribution in [0, 0.1) is 0 Å². The minimum atomic E-state index is 0.456. The summed E-state index contributed by atoms with van der Waals surface area (Å²) in [4.78, 5) is 12.2. The van der Waals surface area contributed by atoms with Crippen LogP contribution in [0.2, 0.25) is 0 Å². The van der Waals surface area contributed by atoms with E-state index in [0.29, 0.717) is 6.54 Å². The molecule has 0 spiro atoms. The van der Waals surface area contributed by atoms with Crippen LogP contribution < -0.4 is 4.74 Å². The van der Waals surface area contributed by atoms with Crippen LogP contribution in [0.1, 0.15) is 5.56 Å². The van der Waals surface area contributed by atoms with Gasteiger partial charge in [-0.1, -0.05) is 12.1 Å². The predicted molar refractivity (Wildman–Crippen MR) is 55.4 cm³/mol. The molecule has 76 valence electrons. The van der Waals surface area contributed by atoms with Crippen molar-refractivity contribution in [3.8, 4) is 5.75 Å².